The zero-order valence-corrected chi connectivity index (χ0v) is 7.12. The molecule has 0 aliphatic carbocycles. The van der Waals surface area contributed by atoms with Crippen LogP contribution in [-0.2, 0) is 4.79 Å². The smallest absolute Gasteiger partial charge is 0.193 e. The molecule has 0 unspecified atom stereocenters. The average Bonchev–Trinajstić information content (AvgIpc) is 2.04. The third-order valence-electron chi connectivity index (χ3n) is 2.13. The Labute approximate surface area is 70.4 Å². The Balaban J connectivity index is 2.14. The number of hydrogen-bond donors (Lipinski definition) is 1. The summed E-state index contributed by atoms with van der Waals surface area (Å²) in [5.74, 6) is 0. The van der Waals surface area contributed by atoms with Crippen molar-refractivity contribution in [3.8, 4) is 0 Å². The second-order valence-electron chi connectivity index (χ2n) is 2.93. The van der Waals surface area contributed by atoms with Crippen LogP contribution in [0.25, 0.3) is 0 Å². The molecular weight excluding hydrogens is 158 g/mol. The maximum Gasteiger partial charge on any atom is 0.193 e. The molecule has 1 fully saturated rings. The molecule has 0 saturated carbocycles. The predicted octanol–water partition coefficient (Wildman–Crippen LogP) is 0.938. The fourth-order valence-electron chi connectivity index (χ4n) is 1.52. The zero-order chi connectivity index (χ0) is 7.68. The van der Waals surface area contributed by atoms with Crippen molar-refractivity contribution in [3.05, 3.63) is 11.6 Å². The van der Waals surface area contributed by atoms with E-state index in [-0.39, 0.29) is 0 Å². The van der Waals surface area contributed by atoms with Crippen molar-refractivity contribution in [1.82, 2.24) is 5.32 Å². The van der Waals surface area contributed by atoms with E-state index in [9.17, 15) is 4.79 Å². The van der Waals surface area contributed by atoms with Crippen molar-refractivity contribution in [2.75, 3.05) is 13.1 Å². The van der Waals surface area contributed by atoms with Gasteiger partial charge in [-0.05, 0) is 18.5 Å². The summed E-state index contributed by atoms with van der Waals surface area (Å²) >= 11 is 1.52. The molecule has 2 nitrogen and oxygen atoms in total. The van der Waals surface area contributed by atoms with Gasteiger partial charge in [-0.1, -0.05) is 17.8 Å². The largest absolute Gasteiger partial charge is 0.313 e. The standard InChI is InChI=1S/C8H11NOS/c10-8-2-1-6-5-9-4-3-7(6)11-8/h1,7,9H,2-5H2/t7-/m0/s1. The SMILES string of the molecule is O=C1CC=C2CNCC[C@@H]2S1. The van der Waals surface area contributed by atoms with Gasteiger partial charge in [-0.3, -0.25) is 4.79 Å². The van der Waals surface area contributed by atoms with Gasteiger partial charge in [0, 0.05) is 18.2 Å². The van der Waals surface area contributed by atoms with Gasteiger partial charge < -0.3 is 5.32 Å². The fraction of sp³-hybridized carbons (Fsp3) is 0.625. The van der Waals surface area contributed by atoms with Crippen molar-refractivity contribution in [3.63, 3.8) is 0 Å². The van der Waals surface area contributed by atoms with Crippen LogP contribution in [0.3, 0.4) is 0 Å². The van der Waals surface area contributed by atoms with E-state index in [1.165, 1.54) is 17.3 Å². The van der Waals surface area contributed by atoms with Gasteiger partial charge in [0.25, 0.3) is 0 Å². The van der Waals surface area contributed by atoms with Gasteiger partial charge in [-0.25, -0.2) is 0 Å². The Hall–Kier alpha value is -0.280. The van der Waals surface area contributed by atoms with Crippen molar-refractivity contribution in [1.29, 1.82) is 0 Å². The molecule has 11 heavy (non-hydrogen) atoms. The highest BCUT2D eigenvalue weighted by Crippen LogP contribution is 2.30. The minimum Gasteiger partial charge on any atom is -0.313 e. The van der Waals surface area contributed by atoms with E-state index in [1.807, 2.05) is 0 Å². The zero-order valence-electron chi connectivity index (χ0n) is 6.30. The number of fused-ring (bicyclic) bond motifs is 1. The summed E-state index contributed by atoms with van der Waals surface area (Å²) in [6.45, 7) is 2.05. The van der Waals surface area contributed by atoms with Gasteiger partial charge in [0.2, 0.25) is 0 Å². The highest BCUT2D eigenvalue weighted by molar-refractivity contribution is 8.14. The lowest BCUT2D eigenvalue weighted by molar-refractivity contribution is -0.110. The van der Waals surface area contributed by atoms with Gasteiger partial charge in [0.1, 0.15) is 0 Å². The fourth-order valence-corrected chi connectivity index (χ4v) is 2.59. The first-order valence-electron chi connectivity index (χ1n) is 3.95. The number of rotatable bonds is 0. The van der Waals surface area contributed by atoms with E-state index in [4.69, 9.17) is 0 Å². The maximum atomic E-state index is 11.0. The average molecular weight is 169 g/mol. The molecule has 0 spiro atoms. The molecule has 2 aliphatic heterocycles. The number of carbonyl (C=O) groups excluding carboxylic acids is 1. The van der Waals surface area contributed by atoms with Gasteiger partial charge in [0.15, 0.2) is 5.12 Å². The first-order valence-corrected chi connectivity index (χ1v) is 4.83. The second-order valence-corrected chi connectivity index (χ2v) is 4.19. The monoisotopic (exact) mass is 169 g/mol. The van der Waals surface area contributed by atoms with E-state index in [0.29, 0.717) is 16.8 Å². The first kappa shape index (κ1) is 7.37. The third-order valence-corrected chi connectivity index (χ3v) is 3.38. The number of hydrogen-bond acceptors (Lipinski definition) is 3. The minimum atomic E-state index is 0.334. The second kappa shape index (κ2) is 2.99. The summed E-state index contributed by atoms with van der Waals surface area (Å²) < 4.78 is 0. The van der Waals surface area contributed by atoms with Crippen molar-refractivity contribution >= 4 is 16.9 Å². The normalized spacial score (nSPS) is 31.1. The molecule has 0 bridgehead atoms. The summed E-state index contributed by atoms with van der Waals surface area (Å²) in [4.78, 5) is 11.0. The predicted molar refractivity (Wildman–Crippen MR) is 46.6 cm³/mol. The van der Waals surface area contributed by atoms with Crippen molar-refractivity contribution in [2.24, 2.45) is 0 Å². The van der Waals surface area contributed by atoms with Crippen LogP contribution in [0.2, 0.25) is 0 Å². The topological polar surface area (TPSA) is 29.1 Å². The number of thioether (sulfide) groups is 1. The number of nitrogens with one attached hydrogen (secondary N) is 1. The Morgan fingerprint density at radius 3 is 3.45 bits per heavy atom. The molecule has 3 heteroatoms. The highest BCUT2D eigenvalue weighted by atomic mass is 32.2. The number of allylic oxidation sites excluding steroid dienone is 1. The van der Waals surface area contributed by atoms with Crippen LogP contribution in [0.5, 0.6) is 0 Å². The Morgan fingerprint density at radius 1 is 1.64 bits per heavy atom. The van der Waals surface area contributed by atoms with Crippen molar-refractivity contribution < 1.29 is 4.79 Å². The highest BCUT2D eigenvalue weighted by Gasteiger charge is 2.24. The van der Waals surface area contributed by atoms with E-state index in [0.717, 1.165) is 19.5 Å². The molecule has 2 rings (SSSR count). The van der Waals surface area contributed by atoms with Gasteiger partial charge in [-0.15, -0.1) is 0 Å². The van der Waals surface area contributed by atoms with Crippen LogP contribution in [-0.4, -0.2) is 23.5 Å². The van der Waals surface area contributed by atoms with Crippen LogP contribution >= 0.6 is 11.8 Å². The maximum absolute atomic E-state index is 11.0. The summed E-state index contributed by atoms with van der Waals surface area (Å²) in [5, 5.41) is 4.14. The molecule has 1 saturated heterocycles. The van der Waals surface area contributed by atoms with Gasteiger partial charge in [0.05, 0.1) is 0 Å². The lowest BCUT2D eigenvalue weighted by atomic mass is 10.0. The lowest BCUT2D eigenvalue weighted by Crippen LogP contribution is -2.34. The van der Waals surface area contributed by atoms with Crippen LogP contribution in [0, 0.1) is 0 Å². The minimum absolute atomic E-state index is 0.334. The third kappa shape index (κ3) is 1.49. The molecule has 0 radical (unpaired) electrons. The molecule has 0 aromatic carbocycles. The van der Waals surface area contributed by atoms with Crippen LogP contribution in [0.4, 0.5) is 0 Å². The van der Waals surface area contributed by atoms with E-state index < -0.39 is 0 Å². The van der Waals surface area contributed by atoms with E-state index in [2.05, 4.69) is 11.4 Å². The molecule has 0 aromatic rings. The summed E-state index contributed by atoms with van der Waals surface area (Å²) in [6, 6.07) is 0. The summed E-state index contributed by atoms with van der Waals surface area (Å²) in [5.41, 5.74) is 1.43. The molecule has 0 aromatic heterocycles. The summed E-state index contributed by atoms with van der Waals surface area (Å²) in [7, 11) is 0. The molecule has 2 aliphatic rings. The molecule has 0 amide bonds. The number of carbonyl (C=O) groups is 1. The Morgan fingerprint density at radius 2 is 2.55 bits per heavy atom. The van der Waals surface area contributed by atoms with Gasteiger partial charge >= 0.3 is 0 Å². The lowest BCUT2D eigenvalue weighted by Gasteiger charge is -2.27. The van der Waals surface area contributed by atoms with Gasteiger partial charge in [-0.2, -0.15) is 0 Å². The van der Waals surface area contributed by atoms with E-state index >= 15 is 0 Å². The van der Waals surface area contributed by atoms with Crippen LogP contribution in [0.1, 0.15) is 12.8 Å². The number of piperidine rings is 1. The molecule has 1 N–H and O–H groups in total. The van der Waals surface area contributed by atoms with Crippen molar-refractivity contribution in [2.45, 2.75) is 18.1 Å². The quantitative estimate of drug-likeness (QED) is 0.547. The molecular formula is C8H11NOS. The van der Waals surface area contributed by atoms with Crippen LogP contribution < -0.4 is 5.32 Å². The molecule has 2 heterocycles. The van der Waals surface area contributed by atoms with Crippen LogP contribution in [0.15, 0.2) is 11.6 Å². The molecule has 1 atom stereocenters. The first-order chi connectivity index (χ1) is 5.36. The summed E-state index contributed by atoms with van der Waals surface area (Å²) in [6.07, 6.45) is 3.84. The Bertz CT molecular complexity index is 212. The van der Waals surface area contributed by atoms with E-state index in [1.54, 1.807) is 0 Å². The Kier molecular flexibility index (Phi) is 2.00. The molecule has 60 valence electrons.